The van der Waals surface area contributed by atoms with Gasteiger partial charge in [-0.05, 0) is 38.9 Å². The van der Waals surface area contributed by atoms with Crippen LogP contribution in [0.4, 0.5) is 10.5 Å². The van der Waals surface area contributed by atoms with E-state index in [1.54, 1.807) is 32.9 Å². The van der Waals surface area contributed by atoms with Crippen LogP contribution in [0, 0.1) is 10.1 Å². The van der Waals surface area contributed by atoms with Crippen molar-refractivity contribution in [3.05, 3.63) is 87.1 Å². The molecule has 1 aliphatic rings. The minimum atomic E-state index is -0.815. The highest BCUT2D eigenvalue weighted by Crippen LogP contribution is 2.35. The van der Waals surface area contributed by atoms with Crippen LogP contribution in [0.15, 0.2) is 65.9 Å². The van der Waals surface area contributed by atoms with E-state index in [1.165, 1.54) is 17.0 Å². The summed E-state index contributed by atoms with van der Waals surface area (Å²) in [6, 6.07) is 14.8. The predicted octanol–water partition coefficient (Wildman–Crippen LogP) is 4.02. The first-order valence-corrected chi connectivity index (χ1v) is 11.1. The molecule has 1 unspecified atom stereocenters. The Balaban J connectivity index is 1.93. The zero-order chi connectivity index (χ0) is 24.8. The van der Waals surface area contributed by atoms with E-state index >= 15 is 0 Å². The summed E-state index contributed by atoms with van der Waals surface area (Å²) in [4.78, 5) is 40.6. The molecule has 0 spiro atoms. The number of hydrogen-bond donors (Lipinski definition) is 1. The molecule has 2 aromatic carbocycles. The molecule has 3 rings (SSSR count). The first-order chi connectivity index (χ1) is 16.2. The second kappa shape index (κ2) is 10.9. The van der Waals surface area contributed by atoms with Gasteiger partial charge in [0.15, 0.2) is 0 Å². The second-order valence-electron chi connectivity index (χ2n) is 8.59. The van der Waals surface area contributed by atoms with Crippen LogP contribution in [0.1, 0.15) is 37.9 Å². The number of nitrogens with one attached hydrogen (secondary N) is 1. The van der Waals surface area contributed by atoms with Crippen LogP contribution in [0.3, 0.4) is 0 Å². The Bertz CT molecular complexity index is 1080. The van der Waals surface area contributed by atoms with Gasteiger partial charge in [0.05, 0.1) is 22.6 Å². The van der Waals surface area contributed by atoms with Crippen molar-refractivity contribution in [1.29, 1.82) is 0 Å². The molecule has 34 heavy (non-hydrogen) atoms. The molecule has 0 aliphatic carbocycles. The van der Waals surface area contributed by atoms with E-state index in [2.05, 4.69) is 10.2 Å². The smallest absolute Gasteiger partial charge is 0.338 e. The molecule has 0 saturated heterocycles. The highest BCUT2D eigenvalue weighted by molar-refractivity contribution is 5.95. The number of nitro benzene ring substituents is 1. The Morgan fingerprint density at radius 1 is 1.21 bits per heavy atom. The SMILES string of the molecule is CC1=C(C(=O)OC(C)C)C(c2cccc([N+](=O)[O-])c2)N(CCN(C)Cc2ccccc2)C(=O)N1. The summed E-state index contributed by atoms with van der Waals surface area (Å²) < 4.78 is 5.46. The normalized spacial score (nSPS) is 16.1. The molecular weight excluding hydrogens is 436 g/mol. The van der Waals surface area contributed by atoms with E-state index in [1.807, 2.05) is 37.4 Å². The number of carbonyl (C=O) groups excluding carboxylic acids is 2. The summed E-state index contributed by atoms with van der Waals surface area (Å²) in [6.07, 6.45) is -0.360. The van der Waals surface area contributed by atoms with Crippen molar-refractivity contribution in [3.8, 4) is 0 Å². The number of benzene rings is 2. The molecule has 2 amide bonds. The van der Waals surface area contributed by atoms with Gasteiger partial charge in [0.25, 0.3) is 5.69 Å². The standard InChI is InChI=1S/C25H30N4O5/c1-17(2)34-24(30)22-18(3)26-25(31)28(14-13-27(4)16-19-9-6-5-7-10-19)23(22)20-11-8-12-21(15-20)29(32)33/h5-12,15,17,23H,13-14,16H2,1-4H3,(H,26,31). The molecule has 0 bridgehead atoms. The topological polar surface area (TPSA) is 105 Å². The van der Waals surface area contributed by atoms with Gasteiger partial charge >= 0.3 is 12.0 Å². The van der Waals surface area contributed by atoms with E-state index < -0.39 is 16.9 Å². The third-order valence-electron chi connectivity index (χ3n) is 5.52. The number of likely N-dealkylation sites (N-methyl/N-ethyl adjacent to an activating group) is 1. The number of non-ortho nitro benzene ring substituents is 1. The summed E-state index contributed by atoms with van der Waals surface area (Å²) in [5.74, 6) is -0.563. The fourth-order valence-corrected chi connectivity index (χ4v) is 3.96. The average molecular weight is 467 g/mol. The Labute approximate surface area is 199 Å². The first kappa shape index (κ1) is 24.9. The number of carbonyl (C=O) groups is 2. The van der Waals surface area contributed by atoms with Gasteiger partial charge in [0.1, 0.15) is 0 Å². The van der Waals surface area contributed by atoms with Crippen molar-refractivity contribution in [2.24, 2.45) is 0 Å². The van der Waals surface area contributed by atoms with Gasteiger partial charge in [0, 0.05) is 37.5 Å². The number of amides is 2. The monoisotopic (exact) mass is 466 g/mol. The lowest BCUT2D eigenvalue weighted by Crippen LogP contribution is -2.50. The van der Waals surface area contributed by atoms with Gasteiger partial charge in [-0.2, -0.15) is 0 Å². The molecule has 1 N–H and O–H groups in total. The second-order valence-corrected chi connectivity index (χ2v) is 8.59. The zero-order valence-corrected chi connectivity index (χ0v) is 19.9. The van der Waals surface area contributed by atoms with Crippen molar-refractivity contribution in [1.82, 2.24) is 15.1 Å². The minimum absolute atomic E-state index is 0.112. The van der Waals surface area contributed by atoms with Gasteiger partial charge < -0.3 is 19.9 Å². The lowest BCUT2D eigenvalue weighted by atomic mass is 9.93. The van der Waals surface area contributed by atoms with E-state index in [4.69, 9.17) is 4.74 Å². The number of allylic oxidation sites excluding steroid dienone is 1. The maximum atomic E-state index is 13.1. The van der Waals surface area contributed by atoms with Crippen LogP contribution in [0.5, 0.6) is 0 Å². The van der Waals surface area contributed by atoms with Crippen molar-refractivity contribution in [2.75, 3.05) is 20.1 Å². The summed E-state index contributed by atoms with van der Waals surface area (Å²) in [7, 11) is 1.95. The number of urea groups is 1. The van der Waals surface area contributed by atoms with E-state index in [0.717, 1.165) is 5.56 Å². The molecule has 9 heteroatoms. The maximum absolute atomic E-state index is 13.1. The fraction of sp³-hybridized carbons (Fsp3) is 0.360. The van der Waals surface area contributed by atoms with Crippen LogP contribution in [-0.2, 0) is 16.1 Å². The first-order valence-electron chi connectivity index (χ1n) is 11.1. The molecule has 0 fully saturated rings. The molecule has 0 saturated carbocycles. The van der Waals surface area contributed by atoms with E-state index in [-0.39, 0.29) is 23.4 Å². The van der Waals surface area contributed by atoms with Crippen molar-refractivity contribution < 1.29 is 19.2 Å². The summed E-state index contributed by atoms with van der Waals surface area (Å²) in [6.45, 7) is 6.64. The van der Waals surface area contributed by atoms with Crippen molar-refractivity contribution >= 4 is 17.7 Å². The predicted molar refractivity (Wildman–Crippen MR) is 128 cm³/mol. The zero-order valence-electron chi connectivity index (χ0n) is 19.9. The van der Waals surface area contributed by atoms with Crippen LogP contribution >= 0.6 is 0 Å². The Hall–Kier alpha value is -3.72. The summed E-state index contributed by atoms with van der Waals surface area (Å²) >= 11 is 0. The highest BCUT2D eigenvalue weighted by atomic mass is 16.6. The number of nitro groups is 1. The highest BCUT2D eigenvalue weighted by Gasteiger charge is 2.39. The van der Waals surface area contributed by atoms with E-state index in [9.17, 15) is 19.7 Å². The number of rotatable bonds is 9. The number of ether oxygens (including phenoxy) is 1. The number of hydrogen-bond acceptors (Lipinski definition) is 6. The molecular formula is C25H30N4O5. The fourth-order valence-electron chi connectivity index (χ4n) is 3.96. The summed E-state index contributed by atoms with van der Waals surface area (Å²) in [5.41, 5.74) is 2.14. The Kier molecular flexibility index (Phi) is 8.01. The largest absolute Gasteiger partial charge is 0.459 e. The molecule has 1 aliphatic heterocycles. The van der Waals surface area contributed by atoms with Gasteiger partial charge in [0.2, 0.25) is 0 Å². The van der Waals surface area contributed by atoms with Gasteiger partial charge in [-0.3, -0.25) is 10.1 Å². The van der Waals surface area contributed by atoms with Crippen molar-refractivity contribution in [3.63, 3.8) is 0 Å². The lowest BCUT2D eigenvalue weighted by molar-refractivity contribution is -0.384. The molecule has 1 atom stereocenters. The van der Waals surface area contributed by atoms with Gasteiger partial charge in [-0.15, -0.1) is 0 Å². The van der Waals surface area contributed by atoms with Crippen LogP contribution in [-0.4, -0.2) is 53.0 Å². The number of nitrogens with zero attached hydrogens (tertiary/aromatic N) is 3. The van der Waals surface area contributed by atoms with Crippen LogP contribution in [0.2, 0.25) is 0 Å². The average Bonchev–Trinajstić information content (AvgIpc) is 2.78. The van der Waals surface area contributed by atoms with E-state index in [0.29, 0.717) is 30.9 Å². The van der Waals surface area contributed by atoms with Crippen LogP contribution < -0.4 is 5.32 Å². The molecule has 180 valence electrons. The molecule has 0 radical (unpaired) electrons. The molecule has 0 aromatic heterocycles. The maximum Gasteiger partial charge on any atom is 0.338 e. The molecule has 9 nitrogen and oxygen atoms in total. The molecule has 2 aromatic rings. The third kappa shape index (κ3) is 5.99. The Morgan fingerprint density at radius 3 is 2.56 bits per heavy atom. The minimum Gasteiger partial charge on any atom is -0.459 e. The molecule has 1 heterocycles. The Morgan fingerprint density at radius 2 is 1.91 bits per heavy atom. The number of esters is 1. The van der Waals surface area contributed by atoms with Crippen LogP contribution in [0.25, 0.3) is 0 Å². The van der Waals surface area contributed by atoms with Crippen molar-refractivity contribution in [2.45, 2.75) is 39.5 Å². The third-order valence-corrected chi connectivity index (χ3v) is 5.52. The quantitative estimate of drug-likeness (QED) is 0.340. The van der Waals surface area contributed by atoms with Gasteiger partial charge in [-0.1, -0.05) is 42.5 Å². The summed E-state index contributed by atoms with van der Waals surface area (Å²) in [5, 5.41) is 14.2. The van der Waals surface area contributed by atoms with Gasteiger partial charge in [-0.25, -0.2) is 9.59 Å². The lowest BCUT2D eigenvalue weighted by Gasteiger charge is -2.38.